The first-order valence-electron chi connectivity index (χ1n) is 5.39. The van der Waals surface area contributed by atoms with Crippen LogP contribution in [0.25, 0.3) is 0 Å². The number of aryl methyl sites for hydroxylation is 1. The minimum Gasteiger partial charge on any atom is -0.394 e. The number of rotatable bonds is 2. The molecule has 2 heterocycles. The number of aliphatic hydroxyl groups excluding tert-OH is 2. The van der Waals surface area contributed by atoms with Gasteiger partial charge in [-0.2, -0.15) is 4.98 Å². The molecule has 100 valence electrons. The molecule has 0 spiro atoms. The van der Waals surface area contributed by atoms with Crippen molar-refractivity contribution in [1.29, 1.82) is 0 Å². The number of ether oxygens (including phenoxy) is 1. The second kappa shape index (κ2) is 4.85. The van der Waals surface area contributed by atoms with Gasteiger partial charge in [0.15, 0.2) is 6.23 Å². The molecule has 1 aliphatic rings. The summed E-state index contributed by atoms with van der Waals surface area (Å²) in [6.07, 6.45) is -1.27. The maximum Gasteiger partial charge on any atom is 0.351 e. The Bertz CT molecular complexity index is 506. The van der Waals surface area contributed by atoms with Crippen molar-refractivity contribution in [3.05, 3.63) is 22.2 Å². The van der Waals surface area contributed by atoms with E-state index in [1.54, 1.807) is 6.92 Å². The molecule has 0 amide bonds. The van der Waals surface area contributed by atoms with E-state index in [-0.39, 0.29) is 12.4 Å². The zero-order chi connectivity index (χ0) is 13.4. The smallest absolute Gasteiger partial charge is 0.351 e. The number of hydrogen-bond acceptors (Lipinski definition) is 6. The number of anilines is 1. The van der Waals surface area contributed by atoms with Crippen LogP contribution < -0.4 is 11.4 Å². The molecular formula is C10H14ClN3O4. The highest BCUT2D eigenvalue weighted by Gasteiger charge is 2.43. The fourth-order valence-electron chi connectivity index (χ4n) is 1.84. The number of hydrogen-bond donors (Lipinski definition) is 3. The van der Waals surface area contributed by atoms with E-state index in [1.165, 1.54) is 10.8 Å². The minimum atomic E-state index is -1.05. The first-order valence-corrected chi connectivity index (χ1v) is 5.83. The first-order chi connectivity index (χ1) is 8.45. The first kappa shape index (κ1) is 13.3. The number of halogens is 1. The molecule has 1 aliphatic heterocycles. The van der Waals surface area contributed by atoms with Crippen molar-refractivity contribution in [1.82, 2.24) is 9.55 Å². The molecule has 0 radical (unpaired) electrons. The van der Waals surface area contributed by atoms with Gasteiger partial charge in [0.25, 0.3) is 0 Å². The maximum atomic E-state index is 11.7. The van der Waals surface area contributed by atoms with Crippen molar-refractivity contribution in [2.75, 3.05) is 12.3 Å². The average Bonchev–Trinajstić information content (AvgIpc) is 2.61. The van der Waals surface area contributed by atoms with Gasteiger partial charge in [0.05, 0.1) is 6.61 Å². The highest BCUT2D eigenvalue weighted by molar-refractivity contribution is 6.21. The van der Waals surface area contributed by atoms with Crippen molar-refractivity contribution in [3.63, 3.8) is 0 Å². The Morgan fingerprint density at radius 3 is 2.89 bits per heavy atom. The number of aliphatic hydroxyl groups is 2. The van der Waals surface area contributed by atoms with Gasteiger partial charge in [-0.15, -0.1) is 11.6 Å². The lowest BCUT2D eigenvalue weighted by Crippen LogP contribution is -2.33. The predicted octanol–water partition coefficient (Wildman–Crippen LogP) is -1.01. The number of aromatic nitrogens is 2. The van der Waals surface area contributed by atoms with Crippen LogP contribution in [0, 0.1) is 6.92 Å². The van der Waals surface area contributed by atoms with Crippen LogP contribution in [0.1, 0.15) is 11.8 Å². The van der Waals surface area contributed by atoms with Crippen LogP contribution in [0.5, 0.6) is 0 Å². The van der Waals surface area contributed by atoms with Crippen molar-refractivity contribution in [2.24, 2.45) is 0 Å². The van der Waals surface area contributed by atoms with Gasteiger partial charge in [-0.3, -0.25) is 4.57 Å². The van der Waals surface area contributed by atoms with Crippen LogP contribution in [0.15, 0.2) is 11.0 Å². The summed E-state index contributed by atoms with van der Waals surface area (Å²) in [5, 5.41) is 17.9. The lowest BCUT2D eigenvalue weighted by Gasteiger charge is -2.17. The van der Waals surface area contributed by atoms with Gasteiger partial charge in [-0.05, 0) is 6.92 Å². The molecule has 4 atom stereocenters. The van der Waals surface area contributed by atoms with Gasteiger partial charge in [0, 0.05) is 11.8 Å². The molecule has 8 heteroatoms. The largest absolute Gasteiger partial charge is 0.394 e. The van der Waals surface area contributed by atoms with Gasteiger partial charge < -0.3 is 20.7 Å². The molecule has 7 nitrogen and oxygen atoms in total. The predicted molar refractivity (Wildman–Crippen MR) is 64.3 cm³/mol. The van der Waals surface area contributed by atoms with Crippen molar-refractivity contribution >= 4 is 17.4 Å². The average molecular weight is 276 g/mol. The Kier molecular flexibility index (Phi) is 3.58. The quantitative estimate of drug-likeness (QED) is 0.597. The molecule has 0 aromatic carbocycles. The van der Waals surface area contributed by atoms with E-state index in [1.807, 2.05) is 0 Å². The fourth-order valence-corrected chi connectivity index (χ4v) is 2.18. The second-order valence-electron chi connectivity index (χ2n) is 4.18. The lowest BCUT2D eigenvalue weighted by atomic mass is 10.2. The second-order valence-corrected chi connectivity index (χ2v) is 4.69. The van der Waals surface area contributed by atoms with E-state index in [0.717, 1.165) is 0 Å². The Morgan fingerprint density at radius 2 is 2.33 bits per heavy atom. The third-order valence-electron chi connectivity index (χ3n) is 2.92. The Morgan fingerprint density at radius 1 is 1.67 bits per heavy atom. The summed E-state index contributed by atoms with van der Waals surface area (Å²) >= 11 is 6.00. The molecule has 0 unspecified atom stereocenters. The Balaban J connectivity index is 2.39. The van der Waals surface area contributed by atoms with Crippen molar-refractivity contribution in [3.8, 4) is 0 Å². The van der Waals surface area contributed by atoms with Gasteiger partial charge in [-0.1, -0.05) is 0 Å². The van der Waals surface area contributed by atoms with Gasteiger partial charge >= 0.3 is 5.69 Å². The molecule has 1 aromatic heterocycles. The number of alkyl halides is 1. The van der Waals surface area contributed by atoms with E-state index in [4.69, 9.17) is 27.2 Å². The summed E-state index contributed by atoms with van der Waals surface area (Å²) in [6, 6.07) is 0. The molecule has 4 N–H and O–H groups in total. The van der Waals surface area contributed by atoms with Crippen molar-refractivity contribution in [2.45, 2.75) is 30.7 Å². The van der Waals surface area contributed by atoms with Crippen LogP contribution in [0.4, 0.5) is 5.82 Å². The molecular weight excluding hydrogens is 262 g/mol. The van der Waals surface area contributed by atoms with Gasteiger partial charge in [0.2, 0.25) is 0 Å². The summed E-state index contributed by atoms with van der Waals surface area (Å²) in [7, 11) is 0. The number of nitrogens with zero attached hydrogens (tertiary/aromatic N) is 2. The molecule has 1 fully saturated rings. The normalized spacial score (nSPS) is 31.8. The van der Waals surface area contributed by atoms with E-state index in [2.05, 4.69) is 4.98 Å². The van der Waals surface area contributed by atoms with Crippen LogP contribution in [-0.2, 0) is 4.74 Å². The summed E-state index contributed by atoms with van der Waals surface area (Å²) < 4.78 is 6.52. The molecule has 2 rings (SSSR count). The monoisotopic (exact) mass is 275 g/mol. The lowest BCUT2D eigenvalue weighted by molar-refractivity contribution is -0.0457. The number of nitrogen functional groups attached to an aromatic ring is 1. The van der Waals surface area contributed by atoms with Crippen LogP contribution >= 0.6 is 11.6 Å². The summed E-state index contributed by atoms with van der Waals surface area (Å²) in [5.41, 5.74) is 5.51. The van der Waals surface area contributed by atoms with Crippen LogP contribution in [0.2, 0.25) is 0 Å². The van der Waals surface area contributed by atoms with Crippen molar-refractivity contribution < 1.29 is 14.9 Å². The Labute approximate surface area is 108 Å². The maximum absolute atomic E-state index is 11.7. The summed E-state index contributed by atoms with van der Waals surface area (Å²) in [5.74, 6) is 0.139. The summed E-state index contributed by atoms with van der Waals surface area (Å²) in [6.45, 7) is 1.31. The van der Waals surface area contributed by atoms with E-state index < -0.39 is 29.5 Å². The van der Waals surface area contributed by atoms with Gasteiger partial charge in [-0.25, -0.2) is 4.79 Å². The number of nitrogens with two attached hydrogens (primary N) is 1. The standard InChI is InChI=1S/C10H14ClN3O4/c1-4-2-14(10(17)13-8(4)12)9-6(11)7(16)5(3-15)18-9/h2,5-7,9,15-16H,3H2,1H3,(H2,12,13,17)/t5-,6+,7-,9-/m1/s1. The van der Waals surface area contributed by atoms with Crippen LogP contribution in [-0.4, -0.2) is 44.0 Å². The Hall–Kier alpha value is -1.15. The SMILES string of the molecule is Cc1cn([C@@H]2O[C@H](CO)[C@@H](O)[C@@H]2Cl)c(=O)nc1N. The minimum absolute atomic E-state index is 0.139. The highest BCUT2D eigenvalue weighted by Crippen LogP contribution is 2.32. The third-order valence-corrected chi connectivity index (χ3v) is 3.40. The van der Waals surface area contributed by atoms with Crippen LogP contribution in [0.3, 0.4) is 0 Å². The molecule has 0 saturated carbocycles. The molecule has 1 aromatic rings. The summed E-state index contributed by atoms with van der Waals surface area (Å²) in [4.78, 5) is 15.3. The fraction of sp³-hybridized carbons (Fsp3) is 0.600. The molecule has 1 saturated heterocycles. The third kappa shape index (κ3) is 2.10. The molecule has 0 bridgehead atoms. The zero-order valence-electron chi connectivity index (χ0n) is 9.65. The zero-order valence-corrected chi connectivity index (χ0v) is 10.4. The molecule has 0 aliphatic carbocycles. The topological polar surface area (TPSA) is 111 Å². The van der Waals surface area contributed by atoms with Gasteiger partial charge in [0.1, 0.15) is 23.4 Å². The highest BCUT2D eigenvalue weighted by atomic mass is 35.5. The van der Waals surface area contributed by atoms with E-state index >= 15 is 0 Å². The van der Waals surface area contributed by atoms with E-state index in [9.17, 15) is 9.90 Å². The van der Waals surface area contributed by atoms with E-state index in [0.29, 0.717) is 5.56 Å². The molecule has 18 heavy (non-hydrogen) atoms.